The molecule has 0 spiro atoms. The zero-order valence-corrected chi connectivity index (χ0v) is 22.0. The molecule has 2 N–H and O–H groups in total. The molecule has 2 aliphatic heterocycles. The number of aromatic nitrogens is 2. The van der Waals surface area contributed by atoms with Crippen molar-refractivity contribution in [2.24, 2.45) is 0 Å². The Hall–Kier alpha value is -3.20. The van der Waals surface area contributed by atoms with Crippen LogP contribution in [0.5, 0.6) is 0 Å². The van der Waals surface area contributed by atoms with Gasteiger partial charge in [-0.2, -0.15) is 5.10 Å². The van der Waals surface area contributed by atoms with Gasteiger partial charge in [0, 0.05) is 44.8 Å². The van der Waals surface area contributed by atoms with E-state index in [9.17, 15) is 14.4 Å². The van der Waals surface area contributed by atoms with Crippen LogP contribution in [-0.4, -0.2) is 75.1 Å². The third kappa shape index (κ3) is 5.14. The Morgan fingerprint density at radius 1 is 1.16 bits per heavy atom. The third-order valence-corrected chi connectivity index (χ3v) is 8.17. The van der Waals surface area contributed by atoms with Gasteiger partial charge in [-0.3, -0.25) is 24.0 Å². The van der Waals surface area contributed by atoms with Gasteiger partial charge in [0.1, 0.15) is 11.2 Å². The van der Waals surface area contributed by atoms with Gasteiger partial charge >= 0.3 is 0 Å². The monoisotopic (exact) mass is 506 g/mol. The van der Waals surface area contributed by atoms with E-state index >= 15 is 0 Å². The van der Waals surface area contributed by atoms with Crippen molar-refractivity contribution in [3.63, 3.8) is 0 Å². The fraction of sp³-hybridized carbons (Fsp3) is 0.571. The average molecular weight is 507 g/mol. The molecule has 198 valence electrons. The Kier molecular flexibility index (Phi) is 7.33. The molecule has 5 rings (SSSR count). The van der Waals surface area contributed by atoms with Gasteiger partial charge in [-0.15, -0.1) is 0 Å². The predicted molar refractivity (Wildman–Crippen MR) is 140 cm³/mol. The summed E-state index contributed by atoms with van der Waals surface area (Å²) in [7, 11) is 0. The van der Waals surface area contributed by atoms with Crippen molar-refractivity contribution in [1.82, 2.24) is 30.2 Å². The second-order valence-electron chi connectivity index (χ2n) is 10.8. The number of rotatable bonds is 8. The maximum absolute atomic E-state index is 13.3. The number of carbonyl (C=O) groups is 3. The smallest absolute Gasteiger partial charge is 0.273 e. The van der Waals surface area contributed by atoms with Crippen LogP contribution in [0.1, 0.15) is 78.1 Å². The number of nitrogens with zero attached hydrogens (tertiary/aromatic N) is 4. The minimum absolute atomic E-state index is 0.151. The van der Waals surface area contributed by atoms with Crippen molar-refractivity contribution in [3.8, 4) is 0 Å². The number of carbonyl (C=O) groups excluding carboxylic acids is 3. The van der Waals surface area contributed by atoms with Gasteiger partial charge in [0.05, 0.1) is 6.54 Å². The molecule has 0 radical (unpaired) electrons. The van der Waals surface area contributed by atoms with Gasteiger partial charge in [0.25, 0.3) is 11.8 Å². The lowest BCUT2D eigenvalue weighted by molar-refractivity contribution is -0.133. The van der Waals surface area contributed by atoms with Crippen LogP contribution in [0.25, 0.3) is 0 Å². The summed E-state index contributed by atoms with van der Waals surface area (Å²) in [6.45, 7) is 7.72. The van der Waals surface area contributed by atoms with E-state index < -0.39 is 5.54 Å². The van der Waals surface area contributed by atoms with Gasteiger partial charge in [-0.25, -0.2) is 0 Å². The summed E-state index contributed by atoms with van der Waals surface area (Å²) in [5, 5.41) is 10.5. The fourth-order valence-corrected chi connectivity index (χ4v) is 6.00. The molecule has 2 aromatic rings. The highest BCUT2D eigenvalue weighted by Crippen LogP contribution is 2.28. The van der Waals surface area contributed by atoms with E-state index in [1.54, 1.807) is 17.9 Å². The molecule has 1 aliphatic carbocycles. The van der Waals surface area contributed by atoms with Gasteiger partial charge in [0.15, 0.2) is 5.69 Å². The number of benzene rings is 1. The van der Waals surface area contributed by atoms with Gasteiger partial charge in [0.2, 0.25) is 5.91 Å². The molecule has 1 atom stereocenters. The number of nitrogens with one attached hydrogen (secondary N) is 2. The van der Waals surface area contributed by atoms with Crippen molar-refractivity contribution < 1.29 is 14.4 Å². The lowest BCUT2D eigenvalue weighted by Crippen LogP contribution is -2.64. The second-order valence-corrected chi connectivity index (χ2v) is 10.8. The molecule has 0 bridgehead atoms. The molecule has 3 aliphatic rings. The number of hydrogen-bond donors (Lipinski definition) is 2. The number of likely N-dealkylation sites (N-methyl/N-ethyl adjacent to an activating group) is 1. The summed E-state index contributed by atoms with van der Waals surface area (Å²) in [6.07, 6.45) is 6.08. The normalized spacial score (nSPS) is 22.0. The molecule has 1 aromatic heterocycles. The van der Waals surface area contributed by atoms with Crippen molar-refractivity contribution in [2.45, 2.75) is 77.0 Å². The van der Waals surface area contributed by atoms with E-state index in [0.717, 1.165) is 58.2 Å². The number of fused-ring (bicyclic) bond motifs is 2. The van der Waals surface area contributed by atoms with Crippen molar-refractivity contribution >= 4 is 17.7 Å². The second kappa shape index (κ2) is 10.7. The lowest BCUT2D eigenvalue weighted by atomic mass is 9.94. The molecular formula is C28H38N6O3. The largest absolute Gasteiger partial charge is 0.351 e. The van der Waals surface area contributed by atoms with E-state index in [2.05, 4.69) is 44.9 Å². The Balaban J connectivity index is 1.18. The number of hydrogen-bond acceptors (Lipinski definition) is 5. The molecular weight excluding hydrogens is 468 g/mol. The SMILES string of the molecule is CCN1C(=O)c2cc(C(=O)NCCCN3CCc4ccccc4C3)nn2C[C@]1(C)C(=O)NC1CCCC1. The number of amides is 3. The lowest BCUT2D eigenvalue weighted by Gasteiger charge is -2.43. The van der Waals surface area contributed by atoms with E-state index in [0.29, 0.717) is 18.8 Å². The van der Waals surface area contributed by atoms with E-state index in [1.807, 2.05) is 6.92 Å². The van der Waals surface area contributed by atoms with Crippen LogP contribution in [0.15, 0.2) is 30.3 Å². The Morgan fingerprint density at radius 2 is 1.92 bits per heavy atom. The quantitative estimate of drug-likeness (QED) is 0.536. The molecule has 9 nitrogen and oxygen atoms in total. The predicted octanol–water partition coefficient (Wildman–Crippen LogP) is 2.35. The summed E-state index contributed by atoms with van der Waals surface area (Å²) in [6, 6.07) is 10.3. The summed E-state index contributed by atoms with van der Waals surface area (Å²) in [5.74, 6) is -0.712. The molecule has 0 unspecified atom stereocenters. The van der Waals surface area contributed by atoms with E-state index in [4.69, 9.17) is 0 Å². The van der Waals surface area contributed by atoms with Crippen molar-refractivity contribution in [3.05, 3.63) is 52.8 Å². The summed E-state index contributed by atoms with van der Waals surface area (Å²) < 4.78 is 1.53. The Morgan fingerprint density at radius 3 is 2.68 bits per heavy atom. The summed E-state index contributed by atoms with van der Waals surface area (Å²) in [5.41, 5.74) is 2.33. The van der Waals surface area contributed by atoms with Crippen LogP contribution < -0.4 is 10.6 Å². The minimum atomic E-state index is -1.05. The van der Waals surface area contributed by atoms with Crippen LogP contribution >= 0.6 is 0 Å². The van der Waals surface area contributed by atoms with Crippen LogP contribution in [0, 0.1) is 0 Å². The Bertz CT molecular complexity index is 1170. The van der Waals surface area contributed by atoms with Crippen molar-refractivity contribution in [1.29, 1.82) is 0 Å². The molecule has 3 amide bonds. The maximum Gasteiger partial charge on any atom is 0.273 e. The first-order chi connectivity index (χ1) is 17.9. The van der Waals surface area contributed by atoms with E-state index in [1.165, 1.54) is 15.8 Å². The first-order valence-corrected chi connectivity index (χ1v) is 13.7. The van der Waals surface area contributed by atoms with E-state index in [-0.39, 0.29) is 36.0 Å². The maximum atomic E-state index is 13.3. The summed E-state index contributed by atoms with van der Waals surface area (Å²) in [4.78, 5) is 43.5. The highest BCUT2D eigenvalue weighted by molar-refractivity contribution is 6.01. The molecule has 3 heterocycles. The van der Waals surface area contributed by atoms with Crippen LogP contribution in [0.4, 0.5) is 0 Å². The average Bonchev–Trinajstić information content (AvgIpc) is 3.57. The fourth-order valence-electron chi connectivity index (χ4n) is 6.00. The first kappa shape index (κ1) is 25.4. The zero-order chi connectivity index (χ0) is 26.0. The Labute approximate surface area is 218 Å². The molecule has 1 saturated carbocycles. The van der Waals surface area contributed by atoms with Crippen LogP contribution in [0.3, 0.4) is 0 Å². The molecule has 0 saturated heterocycles. The standard InChI is InChI=1S/C28H38N6O3/c1-3-33-26(36)24-17-23(31-34(24)19-28(33,2)27(37)30-22-11-6-7-12-22)25(35)29-14-8-15-32-16-13-20-9-4-5-10-21(20)18-32/h4-5,9-10,17,22H,3,6-8,11-16,18-19H2,1-2H3,(H,29,35)(H,30,37)/t28-/m1/s1. The topological polar surface area (TPSA) is 99.6 Å². The van der Waals surface area contributed by atoms with Gasteiger partial charge < -0.3 is 15.5 Å². The first-order valence-electron chi connectivity index (χ1n) is 13.7. The zero-order valence-electron chi connectivity index (χ0n) is 22.0. The van der Waals surface area contributed by atoms with Crippen molar-refractivity contribution in [2.75, 3.05) is 26.2 Å². The molecule has 37 heavy (non-hydrogen) atoms. The highest BCUT2D eigenvalue weighted by atomic mass is 16.2. The molecule has 9 heteroatoms. The minimum Gasteiger partial charge on any atom is -0.351 e. The third-order valence-electron chi connectivity index (χ3n) is 8.17. The van der Waals surface area contributed by atoms with Gasteiger partial charge in [-0.1, -0.05) is 37.1 Å². The van der Waals surface area contributed by atoms with Gasteiger partial charge in [-0.05, 0) is 50.7 Å². The van der Waals surface area contributed by atoms with Crippen LogP contribution in [0.2, 0.25) is 0 Å². The summed E-state index contributed by atoms with van der Waals surface area (Å²) >= 11 is 0. The highest BCUT2D eigenvalue weighted by Gasteiger charge is 2.48. The molecule has 1 fully saturated rings. The molecule has 1 aromatic carbocycles. The van der Waals surface area contributed by atoms with Crippen LogP contribution in [-0.2, 0) is 24.3 Å².